The van der Waals surface area contributed by atoms with Gasteiger partial charge in [0.15, 0.2) is 0 Å². The molecule has 3 aliphatic rings. The van der Waals surface area contributed by atoms with Gasteiger partial charge in [0.1, 0.15) is 6.04 Å². The van der Waals surface area contributed by atoms with Crippen molar-refractivity contribution in [3.05, 3.63) is 54.6 Å². The highest BCUT2D eigenvalue weighted by molar-refractivity contribution is 8.02. The van der Waals surface area contributed by atoms with E-state index >= 15 is 0 Å². The van der Waals surface area contributed by atoms with Gasteiger partial charge in [0, 0.05) is 30.6 Å². The molecular weight excluding hydrogens is 498 g/mol. The maximum atomic E-state index is 14.6. The molecule has 0 saturated carbocycles. The van der Waals surface area contributed by atoms with Crippen molar-refractivity contribution in [1.82, 2.24) is 9.80 Å². The normalized spacial score (nSPS) is 28.2. The standard InChI is InChI=1S/C30H41N3O4S/c1-7-14-31(15-8-2)27(35)24-23-12-13-30(38-23)25(24)28(36)33(21(6)18-34)26(30)29(37)32(16-9-3)22-17-19(4)10-11-20(22)5/h7,9-11,17,21,23-26,34H,1,3,8,12-16,18H2,2,4-6H3/t21-,23+,24-,25+,26?,30?/m1/s1. The molecule has 4 rings (SSSR count). The van der Waals surface area contributed by atoms with Crippen LogP contribution in [0.3, 0.4) is 0 Å². The number of aliphatic hydroxyl groups excluding tert-OH is 1. The van der Waals surface area contributed by atoms with Gasteiger partial charge in [-0.3, -0.25) is 14.4 Å². The number of hydrogen-bond donors (Lipinski definition) is 1. The number of fused-ring (bicyclic) bond motifs is 1. The first-order valence-electron chi connectivity index (χ1n) is 13.7. The lowest BCUT2D eigenvalue weighted by atomic mass is 9.70. The predicted octanol–water partition coefficient (Wildman–Crippen LogP) is 3.72. The summed E-state index contributed by atoms with van der Waals surface area (Å²) in [6.07, 6.45) is 5.72. The van der Waals surface area contributed by atoms with Gasteiger partial charge in [-0.25, -0.2) is 0 Å². The number of hydrogen-bond acceptors (Lipinski definition) is 5. The van der Waals surface area contributed by atoms with Crippen LogP contribution >= 0.6 is 11.8 Å². The predicted molar refractivity (Wildman–Crippen MR) is 153 cm³/mol. The summed E-state index contributed by atoms with van der Waals surface area (Å²) in [7, 11) is 0. The fraction of sp³-hybridized carbons (Fsp3) is 0.567. The zero-order valence-electron chi connectivity index (χ0n) is 23.1. The summed E-state index contributed by atoms with van der Waals surface area (Å²) in [5, 5.41) is 10.2. The van der Waals surface area contributed by atoms with E-state index < -0.39 is 28.7 Å². The van der Waals surface area contributed by atoms with Crippen LogP contribution in [-0.2, 0) is 14.4 Å². The number of likely N-dealkylation sites (tertiary alicyclic amines) is 1. The van der Waals surface area contributed by atoms with Crippen LogP contribution in [0.15, 0.2) is 43.5 Å². The molecule has 2 unspecified atom stereocenters. The van der Waals surface area contributed by atoms with Crippen LogP contribution < -0.4 is 4.90 Å². The van der Waals surface area contributed by atoms with Gasteiger partial charge in [0.05, 0.1) is 29.2 Å². The Kier molecular flexibility index (Phi) is 8.43. The number of carbonyl (C=O) groups is 3. The van der Waals surface area contributed by atoms with Gasteiger partial charge in [-0.15, -0.1) is 24.9 Å². The number of thioether (sulfide) groups is 1. The van der Waals surface area contributed by atoms with E-state index in [-0.39, 0.29) is 29.6 Å². The lowest BCUT2D eigenvalue weighted by Gasteiger charge is -2.39. The molecule has 1 aromatic rings. The summed E-state index contributed by atoms with van der Waals surface area (Å²) in [6.45, 7) is 16.6. The Morgan fingerprint density at radius 2 is 1.95 bits per heavy atom. The second-order valence-corrected chi connectivity index (χ2v) is 12.5. The molecule has 3 saturated heterocycles. The third-order valence-corrected chi connectivity index (χ3v) is 10.3. The van der Waals surface area contributed by atoms with E-state index in [1.807, 2.05) is 39.0 Å². The van der Waals surface area contributed by atoms with Crippen LogP contribution in [0, 0.1) is 25.7 Å². The van der Waals surface area contributed by atoms with Crippen molar-refractivity contribution in [3.63, 3.8) is 0 Å². The van der Waals surface area contributed by atoms with Crippen LogP contribution in [0.4, 0.5) is 5.69 Å². The number of amides is 3. The highest BCUT2D eigenvalue weighted by atomic mass is 32.2. The molecule has 0 aromatic heterocycles. The second kappa shape index (κ2) is 11.3. The van der Waals surface area contributed by atoms with Gasteiger partial charge in [-0.05, 0) is 57.2 Å². The third kappa shape index (κ3) is 4.49. The molecule has 7 nitrogen and oxygen atoms in total. The molecule has 3 heterocycles. The van der Waals surface area contributed by atoms with E-state index in [0.717, 1.165) is 29.7 Å². The number of rotatable bonds is 11. The maximum Gasteiger partial charge on any atom is 0.251 e. The first-order valence-corrected chi connectivity index (χ1v) is 14.5. The maximum absolute atomic E-state index is 14.6. The van der Waals surface area contributed by atoms with E-state index in [4.69, 9.17) is 0 Å². The van der Waals surface area contributed by atoms with Crippen LogP contribution in [0.5, 0.6) is 0 Å². The Morgan fingerprint density at radius 1 is 1.24 bits per heavy atom. The Hall–Kier alpha value is -2.58. The smallest absolute Gasteiger partial charge is 0.251 e. The first-order chi connectivity index (χ1) is 18.2. The third-order valence-electron chi connectivity index (χ3n) is 8.38. The van der Waals surface area contributed by atoms with Gasteiger partial charge in [-0.1, -0.05) is 31.2 Å². The molecule has 0 aliphatic carbocycles. The van der Waals surface area contributed by atoms with Crippen LogP contribution in [-0.4, -0.2) is 80.9 Å². The molecule has 1 N–H and O–H groups in total. The van der Waals surface area contributed by atoms with Crippen LogP contribution in [0.1, 0.15) is 44.2 Å². The van der Waals surface area contributed by atoms with Gasteiger partial charge >= 0.3 is 0 Å². The summed E-state index contributed by atoms with van der Waals surface area (Å²) in [4.78, 5) is 47.8. The molecule has 3 fully saturated rings. The van der Waals surface area contributed by atoms with E-state index in [9.17, 15) is 19.5 Å². The first kappa shape index (κ1) is 28.4. The second-order valence-electron chi connectivity index (χ2n) is 10.9. The number of anilines is 1. The van der Waals surface area contributed by atoms with Gasteiger partial charge in [-0.2, -0.15) is 0 Å². The minimum absolute atomic E-state index is 0.00364. The summed E-state index contributed by atoms with van der Waals surface area (Å²) >= 11 is 1.66. The quantitative estimate of drug-likeness (QED) is 0.434. The minimum Gasteiger partial charge on any atom is -0.394 e. The fourth-order valence-electron chi connectivity index (χ4n) is 6.74. The lowest BCUT2D eigenvalue weighted by molar-refractivity contribution is -0.145. The van der Waals surface area contributed by atoms with Gasteiger partial charge in [0.25, 0.3) is 5.91 Å². The highest BCUT2D eigenvalue weighted by Crippen LogP contribution is 2.67. The number of carbonyl (C=O) groups excluding carboxylic acids is 3. The average molecular weight is 540 g/mol. The molecule has 8 heteroatoms. The molecule has 3 aliphatic heterocycles. The topological polar surface area (TPSA) is 81.2 Å². The van der Waals surface area contributed by atoms with E-state index in [1.165, 1.54) is 0 Å². The Balaban J connectivity index is 1.80. The summed E-state index contributed by atoms with van der Waals surface area (Å²) in [5.74, 6) is -1.45. The minimum atomic E-state index is -0.770. The molecule has 38 heavy (non-hydrogen) atoms. The fourth-order valence-corrected chi connectivity index (χ4v) is 8.93. The monoisotopic (exact) mass is 539 g/mol. The summed E-state index contributed by atoms with van der Waals surface area (Å²) in [5.41, 5.74) is 2.79. The Morgan fingerprint density at radius 3 is 2.58 bits per heavy atom. The summed E-state index contributed by atoms with van der Waals surface area (Å²) in [6, 6.07) is 4.69. The number of aliphatic hydroxyl groups is 1. The molecule has 3 amide bonds. The number of aryl methyl sites for hydroxylation is 2. The van der Waals surface area contributed by atoms with Crippen LogP contribution in [0.25, 0.3) is 0 Å². The molecule has 0 radical (unpaired) electrons. The number of nitrogens with zero attached hydrogens (tertiary/aromatic N) is 3. The zero-order chi connectivity index (χ0) is 27.8. The molecule has 1 aromatic carbocycles. The zero-order valence-corrected chi connectivity index (χ0v) is 23.9. The molecule has 6 atom stereocenters. The Bertz CT molecular complexity index is 1120. The largest absolute Gasteiger partial charge is 0.394 e. The van der Waals surface area contributed by atoms with Crippen molar-refractivity contribution in [2.45, 2.75) is 69.0 Å². The lowest BCUT2D eigenvalue weighted by Crippen LogP contribution is -2.57. The molecule has 2 bridgehead atoms. The van der Waals surface area contributed by atoms with Crippen molar-refractivity contribution in [2.75, 3.05) is 31.1 Å². The SMILES string of the molecule is C=CCN(CCC)C(=O)[C@@H]1[C@@H]2CCC3(S2)C(C(=O)N(CC=C)c2cc(C)ccc2C)N([C@H](C)CO)C(=O)[C@H]13. The van der Waals surface area contributed by atoms with E-state index in [2.05, 4.69) is 13.2 Å². The van der Waals surface area contributed by atoms with Crippen LogP contribution in [0.2, 0.25) is 0 Å². The Labute approximate surface area is 230 Å². The van der Waals surface area contributed by atoms with Crippen molar-refractivity contribution < 1.29 is 19.5 Å². The van der Waals surface area contributed by atoms with E-state index in [0.29, 0.717) is 26.1 Å². The van der Waals surface area contributed by atoms with Crippen molar-refractivity contribution in [3.8, 4) is 0 Å². The van der Waals surface area contributed by atoms with E-state index in [1.54, 1.807) is 45.5 Å². The molecule has 1 spiro atoms. The average Bonchev–Trinajstić information content (AvgIpc) is 3.55. The summed E-state index contributed by atoms with van der Waals surface area (Å²) < 4.78 is -0.703. The van der Waals surface area contributed by atoms with Gasteiger partial charge in [0.2, 0.25) is 11.8 Å². The number of benzene rings is 1. The van der Waals surface area contributed by atoms with Crippen molar-refractivity contribution in [1.29, 1.82) is 0 Å². The molecular formula is C30H41N3O4S. The highest BCUT2D eigenvalue weighted by Gasteiger charge is 2.74. The van der Waals surface area contributed by atoms with Gasteiger partial charge < -0.3 is 19.8 Å². The molecule has 206 valence electrons. The van der Waals surface area contributed by atoms with Crippen molar-refractivity contribution in [2.24, 2.45) is 11.8 Å². The van der Waals surface area contributed by atoms with Crippen molar-refractivity contribution >= 4 is 35.2 Å².